The van der Waals surface area contributed by atoms with Crippen LogP contribution in [0.15, 0.2) is 36.9 Å². The molecule has 1 aromatic carbocycles. The summed E-state index contributed by atoms with van der Waals surface area (Å²) in [7, 11) is 4.22. The molecule has 0 fully saturated rings. The molecule has 0 saturated carbocycles. The molecule has 0 saturated heterocycles. The number of nitrogens with one attached hydrogen (secondary N) is 1. The molecule has 5 heteroatoms. The van der Waals surface area contributed by atoms with Crippen LogP contribution in [0.4, 0.5) is 0 Å². The maximum atomic E-state index is 4.14. The van der Waals surface area contributed by atoms with Gasteiger partial charge in [0.05, 0.1) is 5.69 Å². The van der Waals surface area contributed by atoms with Gasteiger partial charge < -0.3 is 10.2 Å². The van der Waals surface area contributed by atoms with E-state index < -0.39 is 0 Å². The number of hydrogen-bond acceptors (Lipinski definition) is 4. The molecule has 21 heavy (non-hydrogen) atoms. The summed E-state index contributed by atoms with van der Waals surface area (Å²) in [4.78, 5) is 6.18. The van der Waals surface area contributed by atoms with E-state index in [9.17, 15) is 0 Å². The monoisotopic (exact) mass is 287 g/mol. The van der Waals surface area contributed by atoms with Gasteiger partial charge in [0.1, 0.15) is 12.7 Å². The maximum absolute atomic E-state index is 4.14. The quantitative estimate of drug-likeness (QED) is 0.848. The molecule has 0 aliphatic heterocycles. The van der Waals surface area contributed by atoms with Crippen LogP contribution >= 0.6 is 0 Å². The van der Waals surface area contributed by atoms with Gasteiger partial charge in [0, 0.05) is 12.1 Å². The fourth-order valence-corrected chi connectivity index (χ4v) is 2.32. The number of hydrogen-bond donors (Lipinski definition) is 1. The molecule has 114 valence electrons. The van der Waals surface area contributed by atoms with Crippen molar-refractivity contribution < 1.29 is 0 Å². The van der Waals surface area contributed by atoms with E-state index in [1.165, 1.54) is 5.56 Å². The second-order valence-electron chi connectivity index (χ2n) is 5.81. The first-order valence-electron chi connectivity index (χ1n) is 7.42. The molecule has 2 aromatic rings. The number of nitrogens with zero attached hydrogens (tertiary/aromatic N) is 4. The summed E-state index contributed by atoms with van der Waals surface area (Å²) in [5, 5.41) is 7.78. The van der Waals surface area contributed by atoms with Crippen molar-refractivity contribution in [2.24, 2.45) is 0 Å². The van der Waals surface area contributed by atoms with E-state index in [0.717, 1.165) is 18.7 Å². The Kier molecular flexibility index (Phi) is 5.47. The van der Waals surface area contributed by atoms with E-state index in [-0.39, 0.29) is 0 Å². The highest BCUT2D eigenvalue weighted by molar-refractivity contribution is 5.34. The molecule has 1 N–H and O–H groups in total. The van der Waals surface area contributed by atoms with E-state index in [2.05, 4.69) is 72.5 Å². The molecule has 0 aliphatic carbocycles. The standard InChI is InChI=1S/C16H25N5/c1-13(9-10-20(3)4)19-14(2)15-5-7-16(8-6-15)21-12-17-11-18-21/h5-8,11-14,19H,9-10H2,1-4H3/t13-,14+/m1/s1. The molecule has 0 unspecified atom stereocenters. The molecule has 2 atom stereocenters. The van der Waals surface area contributed by atoms with Crippen LogP contribution in [0.1, 0.15) is 31.9 Å². The zero-order chi connectivity index (χ0) is 15.2. The molecule has 1 heterocycles. The Morgan fingerprint density at radius 2 is 1.90 bits per heavy atom. The van der Waals surface area contributed by atoms with Crippen molar-refractivity contribution in [3.8, 4) is 5.69 Å². The van der Waals surface area contributed by atoms with Gasteiger partial charge in [-0.05, 0) is 58.6 Å². The summed E-state index contributed by atoms with van der Waals surface area (Å²) in [5.74, 6) is 0. The van der Waals surface area contributed by atoms with Crippen LogP contribution < -0.4 is 5.32 Å². The fraction of sp³-hybridized carbons (Fsp3) is 0.500. The van der Waals surface area contributed by atoms with Crippen molar-refractivity contribution in [3.63, 3.8) is 0 Å². The molecule has 0 bridgehead atoms. The lowest BCUT2D eigenvalue weighted by Crippen LogP contribution is -2.31. The van der Waals surface area contributed by atoms with Gasteiger partial charge in [0.2, 0.25) is 0 Å². The Balaban J connectivity index is 1.92. The molecule has 1 aromatic heterocycles. The predicted octanol–water partition coefficient (Wildman–Crippen LogP) is 2.26. The minimum absolute atomic E-state index is 0.340. The van der Waals surface area contributed by atoms with E-state index in [0.29, 0.717) is 12.1 Å². The third kappa shape index (κ3) is 4.65. The Hall–Kier alpha value is -1.72. The Labute approximate surface area is 127 Å². The van der Waals surface area contributed by atoms with Crippen LogP contribution in [0.3, 0.4) is 0 Å². The lowest BCUT2D eigenvalue weighted by Gasteiger charge is -2.22. The summed E-state index contributed by atoms with van der Waals surface area (Å²) in [5.41, 5.74) is 2.32. The zero-order valence-corrected chi connectivity index (χ0v) is 13.3. The van der Waals surface area contributed by atoms with Crippen LogP contribution in [0.5, 0.6) is 0 Å². The first-order valence-corrected chi connectivity index (χ1v) is 7.42. The lowest BCUT2D eigenvalue weighted by molar-refractivity contribution is 0.354. The van der Waals surface area contributed by atoms with E-state index in [4.69, 9.17) is 0 Å². The minimum Gasteiger partial charge on any atom is -0.309 e. The van der Waals surface area contributed by atoms with E-state index >= 15 is 0 Å². The topological polar surface area (TPSA) is 46.0 Å². The zero-order valence-electron chi connectivity index (χ0n) is 13.3. The Morgan fingerprint density at radius 3 is 2.48 bits per heavy atom. The molecule has 0 spiro atoms. The van der Waals surface area contributed by atoms with Gasteiger partial charge in [-0.2, -0.15) is 5.10 Å². The Morgan fingerprint density at radius 1 is 1.19 bits per heavy atom. The smallest absolute Gasteiger partial charge is 0.138 e. The molecule has 0 radical (unpaired) electrons. The molecular formula is C16H25N5. The third-order valence-electron chi connectivity index (χ3n) is 3.62. The first-order chi connectivity index (χ1) is 10.1. The molecule has 2 rings (SSSR count). The summed E-state index contributed by atoms with van der Waals surface area (Å²) in [6.45, 7) is 5.55. The number of rotatable bonds is 7. The van der Waals surface area contributed by atoms with Crippen LogP contribution in [0.2, 0.25) is 0 Å². The lowest BCUT2D eigenvalue weighted by atomic mass is 10.1. The van der Waals surface area contributed by atoms with Crippen molar-refractivity contribution in [1.29, 1.82) is 0 Å². The molecule has 0 aliphatic rings. The highest BCUT2D eigenvalue weighted by atomic mass is 15.3. The average molecular weight is 287 g/mol. The van der Waals surface area contributed by atoms with Gasteiger partial charge in [-0.1, -0.05) is 12.1 Å². The second-order valence-corrected chi connectivity index (χ2v) is 5.81. The van der Waals surface area contributed by atoms with Crippen molar-refractivity contribution in [2.75, 3.05) is 20.6 Å². The summed E-state index contributed by atoms with van der Waals surface area (Å²) in [6.07, 6.45) is 4.40. The third-order valence-corrected chi connectivity index (χ3v) is 3.62. The second kappa shape index (κ2) is 7.33. The van der Waals surface area contributed by atoms with Gasteiger partial charge in [-0.25, -0.2) is 9.67 Å². The van der Waals surface area contributed by atoms with Gasteiger partial charge in [0.15, 0.2) is 0 Å². The van der Waals surface area contributed by atoms with Gasteiger partial charge in [0.25, 0.3) is 0 Å². The summed E-state index contributed by atoms with van der Waals surface area (Å²) in [6, 6.07) is 9.28. The molecule has 0 amide bonds. The minimum atomic E-state index is 0.340. The molecular weight excluding hydrogens is 262 g/mol. The Bertz CT molecular complexity index is 518. The molecule has 5 nitrogen and oxygen atoms in total. The highest BCUT2D eigenvalue weighted by Gasteiger charge is 2.10. The summed E-state index contributed by atoms with van der Waals surface area (Å²) < 4.78 is 1.77. The van der Waals surface area contributed by atoms with Crippen molar-refractivity contribution >= 4 is 0 Å². The van der Waals surface area contributed by atoms with Crippen molar-refractivity contribution in [2.45, 2.75) is 32.4 Å². The van der Waals surface area contributed by atoms with Crippen LogP contribution in [-0.2, 0) is 0 Å². The normalized spacial score (nSPS) is 14.3. The van der Waals surface area contributed by atoms with E-state index in [1.807, 2.05) is 0 Å². The summed E-state index contributed by atoms with van der Waals surface area (Å²) >= 11 is 0. The highest BCUT2D eigenvalue weighted by Crippen LogP contribution is 2.16. The average Bonchev–Trinajstić information content (AvgIpc) is 2.99. The van der Waals surface area contributed by atoms with E-state index in [1.54, 1.807) is 17.3 Å². The number of aromatic nitrogens is 3. The van der Waals surface area contributed by atoms with Crippen LogP contribution in [0.25, 0.3) is 5.69 Å². The fourth-order valence-electron chi connectivity index (χ4n) is 2.32. The maximum Gasteiger partial charge on any atom is 0.138 e. The first kappa shape index (κ1) is 15.7. The van der Waals surface area contributed by atoms with Gasteiger partial charge in [-0.3, -0.25) is 0 Å². The number of benzene rings is 1. The van der Waals surface area contributed by atoms with Crippen LogP contribution in [-0.4, -0.2) is 46.3 Å². The largest absolute Gasteiger partial charge is 0.309 e. The van der Waals surface area contributed by atoms with Gasteiger partial charge >= 0.3 is 0 Å². The van der Waals surface area contributed by atoms with Crippen molar-refractivity contribution in [3.05, 3.63) is 42.5 Å². The van der Waals surface area contributed by atoms with Crippen molar-refractivity contribution in [1.82, 2.24) is 25.0 Å². The predicted molar refractivity (Wildman–Crippen MR) is 85.5 cm³/mol. The SMILES string of the molecule is C[C@H](CCN(C)C)N[C@@H](C)c1ccc(-n2cncn2)cc1. The van der Waals surface area contributed by atoms with Gasteiger partial charge in [-0.15, -0.1) is 0 Å². The van der Waals surface area contributed by atoms with Crippen LogP contribution in [0, 0.1) is 0 Å².